The fourth-order valence-electron chi connectivity index (χ4n) is 3.71. The fraction of sp³-hybridized carbons (Fsp3) is 0.273. The van der Waals surface area contributed by atoms with Crippen molar-refractivity contribution in [3.05, 3.63) is 77.2 Å². The number of likely N-dealkylation sites (tertiary alicyclic amines) is 1. The standard InChI is InChI=1S/C22H24N6O2/c23-20-17(21(29)24-14-15-4-2-1-3-5-15)6-7-18(26-20)16-9-12-28(13-10-16)22(30)19-8-11-25-27-19/h1-8,11,16H,9-10,12-14H2,(H2,23,26)(H,24,29)(H,25,27). The van der Waals surface area contributed by atoms with E-state index in [-0.39, 0.29) is 23.6 Å². The van der Waals surface area contributed by atoms with Gasteiger partial charge in [-0.25, -0.2) is 4.98 Å². The Morgan fingerprint density at radius 1 is 1.10 bits per heavy atom. The van der Waals surface area contributed by atoms with Gasteiger partial charge in [-0.3, -0.25) is 14.7 Å². The van der Waals surface area contributed by atoms with Crippen LogP contribution in [0.5, 0.6) is 0 Å². The van der Waals surface area contributed by atoms with Crippen molar-refractivity contribution in [3.63, 3.8) is 0 Å². The van der Waals surface area contributed by atoms with Crippen LogP contribution in [-0.4, -0.2) is 45.0 Å². The van der Waals surface area contributed by atoms with Crippen LogP contribution < -0.4 is 11.1 Å². The maximum atomic E-state index is 12.5. The molecular formula is C22H24N6O2. The number of piperidine rings is 1. The van der Waals surface area contributed by atoms with E-state index in [0.717, 1.165) is 24.1 Å². The summed E-state index contributed by atoms with van der Waals surface area (Å²) < 4.78 is 0. The lowest BCUT2D eigenvalue weighted by Gasteiger charge is -2.31. The van der Waals surface area contributed by atoms with Gasteiger partial charge >= 0.3 is 0 Å². The Morgan fingerprint density at radius 2 is 1.87 bits per heavy atom. The average molecular weight is 404 g/mol. The highest BCUT2D eigenvalue weighted by molar-refractivity contribution is 5.98. The average Bonchev–Trinajstić information content (AvgIpc) is 3.33. The number of pyridine rings is 1. The molecule has 4 rings (SSSR count). The number of amides is 2. The number of aromatic amines is 1. The normalized spacial score (nSPS) is 14.5. The van der Waals surface area contributed by atoms with E-state index >= 15 is 0 Å². The second-order valence-corrected chi connectivity index (χ2v) is 7.37. The molecule has 3 heterocycles. The molecule has 0 unspecified atom stereocenters. The zero-order chi connectivity index (χ0) is 20.9. The minimum atomic E-state index is -0.240. The topological polar surface area (TPSA) is 117 Å². The van der Waals surface area contributed by atoms with Crippen LogP contribution >= 0.6 is 0 Å². The molecule has 3 aromatic rings. The van der Waals surface area contributed by atoms with Crippen molar-refractivity contribution in [2.75, 3.05) is 18.8 Å². The molecule has 0 bridgehead atoms. The maximum Gasteiger partial charge on any atom is 0.271 e. The van der Waals surface area contributed by atoms with Crippen molar-refractivity contribution in [1.29, 1.82) is 0 Å². The largest absolute Gasteiger partial charge is 0.383 e. The first kappa shape index (κ1) is 19.6. The third-order valence-electron chi connectivity index (χ3n) is 5.42. The molecule has 2 amide bonds. The fourth-order valence-corrected chi connectivity index (χ4v) is 3.71. The summed E-state index contributed by atoms with van der Waals surface area (Å²) in [4.78, 5) is 31.2. The molecule has 2 aromatic heterocycles. The van der Waals surface area contributed by atoms with Crippen LogP contribution in [0.3, 0.4) is 0 Å². The number of nitrogen functional groups attached to an aromatic ring is 1. The lowest BCUT2D eigenvalue weighted by molar-refractivity contribution is 0.0705. The molecule has 0 aliphatic carbocycles. The molecule has 0 radical (unpaired) electrons. The van der Waals surface area contributed by atoms with E-state index in [4.69, 9.17) is 5.73 Å². The molecule has 0 saturated carbocycles. The van der Waals surface area contributed by atoms with Crippen LogP contribution in [0.4, 0.5) is 5.82 Å². The number of nitrogens with zero attached hydrogens (tertiary/aromatic N) is 3. The molecule has 1 saturated heterocycles. The zero-order valence-corrected chi connectivity index (χ0v) is 16.5. The SMILES string of the molecule is Nc1nc(C2CCN(C(=O)c3ccn[nH]3)CC2)ccc1C(=O)NCc1ccccc1. The van der Waals surface area contributed by atoms with Crippen molar-refractivity contribution < 1.29 is 9.59 Å². The van der Waals surface area contributed by atoms with E-state index in [9.17, 15) is 9.59 Å². The number of hydrogen-bond acceptors (Lipinski definition) is 5. The third-order valence-corrected chi connectivity index (χ3v) is 5.42. The van der Waals surface area contributed by atoms with E-state index in [1.54, 1.807) is 18.3 Å². The number of benzene rings is 1. The van der Waals surface area contributed by atoms with Crippen LogP contribution in [0.15, 0.2) is 54.7 Å². The van der Waals surface area contributed by atoms with Crippen LogP contribution in [0.25, 0.3) is 0 Å². The summed E-state index contributed by atoms with van der Waals surface area (Å²) in [5, 5.41) is 9.42. The van der Waals surface area contributed by atoms with Crippen molar-refractivity contribution in [1.82, 2.24) is 25.4 Å². The van der Waals surface area contributed by atoms with Crippen molar-refractivity contribution in [2.45, 2.75) is 25.3 Å². The number of anilines is 1. The molecule has 30 heavy (non-hydrogen) atoms. The van der Waals surface area contributed by atoms with Gasteiger partial charge in [-0.05, 0) is 36.6 Å². The summed E-state index contributed by atoms with van der Waals surface area (Å²) in [6, 6.07) is 15.0. The van der Waals surface area contributed by atoms with E-state index < -0.39 is 0 Å². The summed E-state index contributed by atoms with van der Waals surface area (Å²) in [7, 11) is 0. The van der Waals surface area contributed by atoms with Gasteiger partial charge in [0.05, 0.1) is 5.56 Å². The molecule has 4 N–H and O–H groups in total. The molecular weight excluding hydrogens is 380 g/mol. The molecule has 1 aromatic carbocycles. The Morgan fingerprint density at radius 3 is 2.53 bits per heavy atom. The van der Waals surface area contributed by atoms with Gasteiger partial charge in [0.1, 0.15) is 11.5 Å². The first-order valence-electron chi connectivity index (χ1n) is 9.99. The highest BCUT2D eigenvalue weighted by Gasteiger charge is 2.26. The number of nitrogens with one attached hydrogen (secondary N) is 2. The lowest BCUT2D eigenvalue weighted by Crippen LogP contribution is -2.38. The lowest BCUT2D eigenvalue weighted by atomic mass is 9.92. The summed E-state index contributed by atoms with van der Waals surface area (Å²) in [5.41, 5.74) is 8.85. The monoisotopic (exact) mass is 404 g/mol. The van der Waals surface area contributed by atoms with Crippen LogP contribution in [0.2, 0.25) is 0 Å². The van der Waals surface area contributed by atoms with Gasteiger partial charge in [0.15, 0.2) is 0 Å². The van der Waals surface area contributed by atoms with Crippen LogP contribution in [0.1, 0.15) is 50.9 Å². The second-order valence-electron chi connectivity index (χ2n) is 7.37. The second kappa shape index (κ2) is 8.77. The molecule has 1 aliphatic heterocycles. The van der Waals surface area contributed by atoms with Gasteiger partial charge in [0.25, 0.3) is 11.8 Å². The minimum absolute atomic E-state index is 0.0381. The van der Waals surface area contributed by atoms with E-state index in [2.05, 4.69) is 20.5 Å². The van der Waals surface area contributed by atoms with Gasteiger partial charge < -0.3 is 16.0 Å². The molecule has 1 fully saturated rings. The van der Waals surface area contributed by atoms with Crippen LogP contribution in [0, 0.1) is 0 Å². The summed E-state index contributed by atoms with van der Waals surface area (Å²) in [6.07, 6.45) is 3.17. The molecule has 1 aliphatic rings. The summed E-state index contributed by atoms with van der Waals surface area (Å²) >= 11 is 0. The molecule has 0 spiro atoms. The molecule has 8 nitrogen and oxygen atoms in total. The first-order valence-corrected chi connectivity index (χ1v) is 9.99. The first-order chi connectivity index (χ1) is 14.6. The molecule has 0 atom stereocenters. The highest BCUT2D eigenvalue weighted by atomic mass is 16.2. The number of rotatable bonds is 5. The van der Waals surface area contributed by atoms with E-state index in [1.807, 2.05) is 41.3 Å². The van der Waals surface area contributed by atoms with Crippen molar-refractivity contribution in [3.8, 4) is 0 Å². The number of carbonyl (C=O) groups excluding carboxylic acids is 2. The third kappa shape index (κ3) is 4.32. The number of aromatic nitrogens is 3. The number of hydrogen-bond donors (Lipinski definition) is 3. The minimum Gasteiger partial charge on any atom is -0.383 e. The highest BCUT2D eigenvalue weighted by Crippen LogP contribution is 2.28. The molecule has 154 valence electrons. The predicted octanol–water partition coefficient (Wildman–Crippen LogP) is 2.34. The Kier molecular flexibility index (Phi) is 5.74. The van der Waals surface area contributed by atoms with Gasteiger partial charge in [0.2, 0.25) is 0 Å². The Labute approximate surface area is 174 Å². The Bertz CT molecular complexity index is 1010. The van der Waals surface area contributed by atoms with Gasteiger partial charge in [-0.2, -0.15) is 5.10 Å². The predicted molar refractivity (Wildman–Crippen MR) is 113 cm³/mol. The maximum absolute atomic E-state index is 12.5. The Hall–Kier alpha value is -3.68. The quantitative estimate of drug-likeness (QED) is 0.603. The van der Waals surface area contributed by atoms with Gasteiger partial charge in [-0.1, -0.05) is 30.3 Å². The van der Waals surface area contributed by atoms with Gasteiger partial charge in [0, 0.05) is 37.4 Å². The zero-order valence-electron chi connectivity index (χ0n) is 16.5. The van der Waals surface area contributed by atoms with Gasteiger partial charge in [-0.15, -0.1) is 0 Å². The smallest absolute Gasteiger partial charge is 0.271 e. The number of nitrogens with two attached hydrogens (primary N) is 1. The van der Waals surface area contributed by atoms with E-state index in [0.29, 0.717) is 30.9 Å². The summed E-state index contributed by atoms with van der Waals surface area (Å²) in [6.45, 7) is 1.72. The molecule has 8 heteroatoms. The number of H-pyrrole nitrogens is 1. The van der Waals surface area contributed by atoms with Crippen molar-refractivity contribution >= 4 is 17.6 Å². The summed E-state index contributed by atoms with van der Waals surface area (Å²) in [5.74, 6) is 0.160. The van der Waals surface area contributed by atoms with Crippen molar-refractivity contribution in [2.24, 2.45) is 0 Å². The number of carbonyl (C=O) groups is 2. The Balaban J connectivity index is 1.35. The van der Waals surface area contributed by atoms with Crippen LogP contribution in [-0.2, 0) is 6.54 Å². The van der Waals surface area contributed by atoms with E-state index in [1.165, 1.54) is 0 Å².